The first-order valence-electron chi connectivity index (χ1n) is 6.56. The predicted octanol–water partition coefficient (Wildman–Crippen LogP) is 1.94. The van der Waals surface area contributed by atoms with Gasteiger partial charge in [-0.3, -0.25) is 4.79 Å². The molecule has 0 fully saturated rings. The molecule has 0 atom stereocenters. The topological polar surface area (TPSA) is 58.4 Å². The fourth-order valence-corrected chi connectivity index (χ4v) is 1.86. The van der Waals surface area contributed by atoms with Gasteiger partial charge in [-0.1, -0.05) is 18.2 Å². The number of carbonyl (C=O) groups is 1. The second kappa shape index (κ2) is 6.34. The van der Waals surface area contributed by atoms with E-state index in [2.05, 4.69) is 10.3 Å². The van der Waals surface area contributed by atoms with Crippen molar-refractivity contribution in [2.75, 3.05) is 27.2 Å². The van der Waals surface area contributed by atoms with E-state index in [9.17, 15) is 4.79 Å². The summed E-state index contributed by atoms with van der Waals surface area (Å²) in [4.78, 5) is 18.3. The van der Waals surface area contributed by atoms with Crippen molar-refractivity contribution in [2.24, 2.45) is 0 Å². The minimum atomic E-state index is -0.122. The largest absolute Gasteiger partial charge is 0.441 e. The van der Waals surface area contributed by atoms with Gasteiger partial charge in [-0.2, -0.15) is 0 Å². The number of likely N-dealkylation sites (N-methyl/N-ethyl adjacent to an activating group) is 2. The van der Waals surface area contributed by atoms with Gasteiger partial charge in [0, 0.05) is 25.7 Å². The molecule has 1 heterocycles. The summed E-state index contributed by atoms with van der Waals surface area (Å²) in [5, 5.41) is 3.01. The molecule has 2 rings (SSSR count). The number of aryl methyl sites for hydroxylation is 1. The standard InChI is InChI=1S/C15H19N3O2/c1-11-13(15(19)18(3)10-9-16-2)17-14(20-11)12-7-5-4-6-8-12/h4-8,16H,9-10H2,1-3H3. The molecule has 1 N–H and O–H groups in total. The van der Waals surface area contributed by atoms with Gasteiger partial charge < -0.3 is 14.6 Å². The van der Waals surface area contributed by atoms with Crippen LogP contribution in [0.1, 0.15) is 16.2 Å². The lowest BCUT2D eigenvalue weighted by Crippen LogP contribution is -2.33. The summed E-state index contributed by atoms with van der Waals surface area (Å²) in [5.41, 5.74) is 1.25. The van der Waals surface area contributed by atoms with Crippen LogP contribution in [0.2, 0.25) is 0 Å². The number of hydrogen-bond acceptors (Lipinski definition) is 4. The molecule has 0 bridgehead atoms. The van der Waals surface area contributed by atoms with Crippen molar-refractivity contribution >= 4 is 5.91 Å². The highest BCUT2D eigenvalue weighted by Crippen LogP contribution is 2.21. The van der Waals surface area contributed by atoms with E-state index >= 15 is 0 Å². The van der Waals surface area contributed by atoms with Gasteiger partial charge in [0.2, 0.25) is 5.89 Å². The van der Waals surface area contributed by atoms with Crippen molar-refractivity contribution in [1.82, 2.24) is 15.2 Å². The van der Waals surface area contributed by atoms with Crippen LogP contribution in [0.5, 0.6) is 0 Å². The zero-order chi connectivity index (χ0) is 14.5. The molecule has 0 radical (unpaired) electrons. The number of benzene rings is 1. The molecule has 0 aliphatic carbocycles. The third-order valence-corrected chi connectivity index (χ3v) is 3.06. The van der Waals surface area contributed by atoms with Crippen LogP contribution in [0.4, 0.5) is 0 Å². The zero-order valence-electron chi connectivity index (χ0n) is 12.0. The molecule has 106 valence electrons. The first kappa shape index (κ1) is 14.3. The number of carbonyl (C=O) groups excluding carboxylic acids is 1. The van der Waals surface area contributed by atoms with Crippen LogP contribution >= 0.6 is 0 Å². The van der Waals surface area contributed by atoms with Crippen LogP contribution in [0.25, 0.3) is 11.5 Å². The Labute approximate surface area is 118 Å². The average Bonchev–Trinajstić information content (AvgIpc) is 2.87. The Morgan fingerprint density at radius 2 is 2.05 bits per heavy atom. The van der Waals surface area contributed by atoms with Gasteiger partial charge in [0.1, 0.15) is 5.76 Å². The van der Waals surface area contributed by atoms with Gasteiger partial charge >= 0.3 is 0 Å². The van der Waals surface area contributed by atoms with Crippen molar-refractivity contribution in [3.8, 4) is 11.5 Å². The molecule has 0 spiro atoms. The molecule has 0 aliphatic heterocycles. The molecule has 0 saturated carbocycles. The maximum absolute atomic E-state index is 12.3. The lowest BCUT2D eigenvalue weighted by molar-refractivity contribution is 0.0790. The SMILES string of the molecule is CNCCN(C)C(=O)c1nc(-c2ccccc2)oc1C. The van der Waals surface area contributed by atoms with Gasteiger partial charge in [0.05, 0.1) is 0 Å². The summed E-state index contributed by atoms with van der Waals surface area (Å²) in [7, 11) is 3.61. The van der Waals surface area contributed by atoms with E-state index in [4.69, 9.17) is 4.42 Å². The molecule has 20 heavy (non-hydrogen) atoms. The molecule has 2 aromatic rings. The average molecular weight is 273 g/mol. The zero-order valence-corrected chi connectivity index (χ0v) is 12.0. The molecule has 1 aromatic carbocycles. The third kappa shape index (κ3) is 3.05. The van der Waals surface area contributed by atoms with Crippen molar-refractivity contribution in [1.29, 1.82) is 0 Å². The monoisotopic (exact) mass is 273 g/mol. The van der Waals surface area contributed by atoms with E-state index in [1.54, 1.807) is 18.9 Å². The number of nitrogens with zero attached hydrogens (tertiary/aromatic N) is 2. The Kier molecular flexibility index (Phi) is 4.53. The van der Waals surface area contributed by atoms with Crippen molar-refractivity contribution in [3.63, 3.8) is 0 Å². The summed E-state index contributed by atoms with van der Waals surface area (Å²) >= 11 is 0. The minimum Gasteiger partial charge on any atom is -0.441 e. The van der Waals surface area contributed by atoms with E-state index in [-0.39, 0.29) is 5.91 Å². The van der Waals surface area contributed by atoms with Crippen molar-refractivity contribution in [2.45, 2.75) is 6.92 Å². The Hall–Kier alpha value is -2.14. The van der Waals surface area contributed by atoms with Gasteiger partial charge in [-0.05, 0) is 26.1 Å². The molecular formula is C15H19N3O2. The highest BCUT2D eigenvalue weighted by Gasteiger charge is 2.20. The third-order valence-electron chi connectivity index (χ3n) is 3.06. The molecular weight excluding hydrogens is 254 g/mol. The van der Waals surface area contributed by atoms with Gasteiger partial charge in [-0.25, -0.2) is 4.98 Å². The van der Waals surface area contributed by atoms with E-state index in [1.165, 1.54) is 0 Å². The second-order valence-corrected chi connectivity index (χ2v) is 4.62. The van der Waals surface area contributed by atoms with Crippen LogP contribution in [0.3, 0.4) is 0 Å². The Balaban J connectivity index is 2.21. The molecule has 0 saturated heterocycles. The number of oxazole rings is 1. The lowest BCUT2D eigenvalue weighted by atomic mass is 10.2. The number of hydrogen-bond donors (Lipinski definition) is 1. The fraction of sp³-hybridized carbons (Fsp3) is 0.333. The molecule has 0 aliphatic rings. The molecule has 0 unspecified atom stereocenters. The molecule has 5 nitrogen and oxygen atoms in total. The van der Waals surface area contributed by atoms with E-state index < -0.39 is 0 Å². The molecule has 5 heteroatoms. The normalized spacial score (nSPS) is 10.6. The van der Waals surface area contributed by atoms with Crippen LogP contribution < -0.4 is 5.32 Å². The lowest BCUT2D eigenvalue weighted by Gasteiger charge is -2.15. The maximum atomic E-state index is 12.3. The first-order valence-corrected chi connectivity index (χ1v) is 6.56. The summed E-state index contributed by atoms with van der Waals surface area (Å²) in [6.07, 6.45) is 0. The van der Waals surface area contributed by atoms with Crippen molar-refractivity contribution < 1.29 is 9.21 Å². The Morgan fingerprint density at radius 3 is 2.70 bits per heavy atom. The smallest absolute Gasteiger partial charge is 0.275 e. The highest BCUT2D eigenvalue weighted by atomic mass is 16.4. The Bertz CT molecular complexity index is 578. The quantitative estimate of drug-likeness (QED) is 0.904. The first-order chi connectivity index (χ1) is 9.63. The van der Waals surface area contributed by atoms with E-state index in [0.29, 0.717) is 23.9 Å². The van der Waals surface area contributed by atoms with Gasteiger partial charge in [-0.15, -0.1) is 0 Å². The van der Waals surface area contributed by atoms with Crippen LogP contribution in [0.15, 0.2) is 34.7 Å². The minimum absolute atomic E-state index is 0.122. The van der Waals surface area contributed by atoms with Gasteiger partial charge in [0.25, 0.3) is 5.91 Å². The predicted molar refractivity (Wildman–Crippen MR) is 77.6 cm³/mol. The van der Waals surface area contributed by atoms with E-state index in [1.807, 2.05) is 37.4 Å². The highest BCUT2D eigenvalue weighted by molar-refractivity contribution is 5.93. The summed E-state index contributed by atoms with van der Waals surface area (Å²) in [6, 6.07) is 9.57. The second-order valence-electron chi connectivity index (χ2n) is 4.62. The van der Waals surface area contributed by atoms with E-state index in [0.717, 1.165) is 12.1 Å². The summed E-state index contributed by atoms with van der Waals surface area (Å²) in [6.45, 7) is 3.13. The molecule has 1 aromatic heterocycles. The summed E-state index contributed by atoms with van der Waals surface area (Å²) < 4.78 is 5.60. The molecule has 1 amide bonds. The van der Waals surface area contributed by atoms with Crippen LogP contribution in [-0.2, 0) is 0 Å². The maximum Gasteiger partial charge on any atom is 0.275 e. The van der Waals surface area contributed by atoms with Crippen molar-refractivity contribution in [3.05, 3.63) is 41.8 Å². The number of aromatic nitrogens is 1. The van der Waals surface area contributed by atoms with Crippen LogP contribution in [0, 0.1) is 6.92 Å². The number of amides is 1. The van der Waals surface area contributed by atoms with Crippen LogP contribution in [-0.4, -0.2) is 43.0 Å². The fourth-order valence-electron chi connectivity index (χ4n) is 1.86. The number of rotatable bonds is 5. The van der Waals surface area contributed by atoms with Gasteiger partial charge in [0.15, 0.2) is 5.69 Å². The Morgan fingerprint density at radius 1 is 1.35 bits per heavy atom. The number of nitrogens with one attached hydrogen (secondary N) is 1. The summed E-state index contributed by atoms with van der Waals surface area (Å²) in [5.74, 6) is 0.905.